The summed E-state index contributed by atoms with van der Waals surface area (Å²) >= 11 is 1.53. The number of esters is 1. The molecule has 0 bridgehead atoms. The molecule has 0 spiro atoms. The molecule has 134 valence electrons. The molecule has 1 aromatic rings. The predicted octanol–water partition coefficient (Wildman–Crippen LogP) is 3.41. The van der Waals surface area contributed by atoms with Crippen LogP contribution in [0.3, 0.4) is 0 Å². The summed E-state index contributed by atoms with van der Waals surface area (Å²) in [6.07, 6.45) is 5.71. The Morgan fingerprint density at radius 1 is 1.42 bits per heavy atom. The van der Waals surface area contributed by atoms with Crippen LogP contribution in [0.25, 0.3) is 6.08 Å². The number of ether oxygens (including phenoxy) is 1. The zero-order valence-corrected chi connectivity index (χ0v) is 15.4. The molecule has 26 heavy (non-hydrogen) atoms. The summed E-state index contributed by atoms with van der Waals surface area (Å²) in [6.45, 7) is 5.46. The Morgan fingerprint density at radius 3 is 2.92 bits per heavy atom. The van der Waals surface area contributed by atoms with Gasteiger partial charge in [-0.15, -0.1) is 0 Å². The molecule has 1 saturated heterocycles. The molecule has 1 fully saturated rings. The van der Waals surface area contributed by atoms with Crippen molar-refractivity contribution in [1.29, 1.82) is 0 Å². The van der Waals surface area contributed by atoms with E-state index < -0.39 is 12.0 Å². The fourth-order valence-electron chi connectivity index (χ4n) is 2.86. The van der Waals surface area contributed by atoms with Crippen LogP contribution in [0, 0.1) is 0 Å². The average Bonchev–Trinajstić information content (AvgIpc) is 2.64. The minimum Gasteiger partial charge on any atom is -0.458 e. The minimum absolute atomic E-state index is 0.0354. The topological polar surface area (TPSA) is 59.0 Å². The Hall–Kier alpha value is -2.60. The lowest BCUT2D eigenvalue weighted by Crippen LogP contribution is -2.49. The molecule has 0 saturated carbocycles. The van der Waals surface area contributed by atoms with Gasteiger partial charge in [0, 0.05) is 12.2 Å². The molecule has 2 heterocycles. The number of aliphatic imine (C=N–C) groups is 1. The van der Waals surface area contributed by atoms with Gasteiger partial charge in [0.2, 0.25) is 5.91 Å². The third-order valence-corrected chi connectivity index (χ3v) is 5.03. The second-order valence-electron chi connectivity index (χ2n) is 5.86. The molecule has 0 N–H and O–H groups in total. The quantitative estimate of drug-likeness (QED) is 0.590. The third kappa shape index (κ3) is 3.80. The first kappa shape index (κ1) is 18.2. The first-order valence-corrected chi connectivity index (χ1v) is 9.36. The number of hydrogen-bond donors (Lipinski definition) is 0. The molecule has 0 aromatic heterocycles. The number of benzene rings is 1. The highest BCUT2D eigenvalue weighted by atomic mass is 32.2. The van der Waals surface area contributed by atoms with Crippen LogP contribution in [-0.2, 0) is 14.3 Å². The Labute approximate surface area is 157 Å². The number of nitrogens with zero attached hydrogens (tertiary/aromatic N) is 2. The van der Waals surface area contributed by atoms with Gasteiger partial charge in [-0.2, -0.15) is 0 Å². The van der Waals surface area contributed by atoms with E-state index in [-0.39, 0.29) is 12.5 Å². The highest BCUT2D eigenvalue weighted by molar-refractivity contribution is 8.14. The van der Waals surface area contributed by atoms with Crippen molar-refractivity contribution < 1.29 is 14.3 Å². The Bertz CT molecular complexity index is 812. The monoisotopic (exact) mass is 368 g/mol. The van der Waals surface area contributed by atoms with E-state index in [1.807, 2.05) is 42.5 Å². The molecule has 1 aromatic carbocycles. The van der Waals surface area contributed by atoms with Gasteiger partial charge in [0.25, 0.3) is 0 Å². The SMILES string of the molecule is C=CCOC(=O)C1=C(C)N=C2SCCC(=O)N2[C@H]1/C=C/c1ccccc1. The highest BCUT2D eigenvalue weighted by Gasteiger charge is 2.39. The standard InChI is InChI=1S/C20H20N2O3S/c1-3-12-25-19(24)18-14(2)21-20-22(17(23)11-13-26-20)16(18)10-9-15-7-5-4-6-8-15/h3-10,16H,1,11-13H2,2H3/b10-9+/t16-/m0/s1. The van der Waals surface area contributed by atoms with Gasteiger partial charge in [-0.25, -0.2) is 9.79 Å². The third-order valence-electron chi connectivity index (χ3n) is 4.07. The van der Waals surface area contributed by atoms with Crippen molar-refractivity contribution in [2.75, 3.05) is 12.4 Å². The number of carbonyl (C=O) groups is 2. The van der Waals surface area contributed by atoms with E-state index in [9.17, 15) is 9.59 Å². The van der Waals surface area contributed by atoms with Crippen molar-refractivity contribution in [3.05, 3.63) is 65.9 Å². The molecule has 2 aliphatic rings. The van der Waals surface area contributed by atoms with Crippen LogP contribution in [-0.4, -0.2) is 40.3 Å². The van der Waals surface area contributed by atoms with Crippen molar-refractivity contribution in [2.45, 2.75) is 19.4 Å². The number of thioether (sulfide) groups is 1. The van der Waals surface area contributed by atoms with E-state index in [0.29, 0.717) is 28.6 Å². The van der Waals surface area contributed by atoms with Gasteiger partial charge in [0.05, 0.1) is 17.3 Å². The lowest BCUT2D eigenvalue weighted by molar-refractivity contribution is -0.138. The largest absolute Gasteiger partial charge is 0.458 e. The summed E-state index contributed by atoms with van der Waals surface area (Å²) in [5.74, 6) is 0.190. The number of carbonyl (C=O) groups excluding carboxylic acids is 2. The average molecular weight is 368 g/mol. The van der Waals surface area contributed by atoms with Gasteiger partial charge in [0.1, 0.15) is 6.61 Å². The lowest BCUT2D eigenvalue weighted by atomic mass is 10.00. The zero-order chi connectivity index (χ0) is 18.5. The maximum atomic E-state index is 12.6. The van der Waals surface area contributed by atoms with Crippen molar-refractivity contribution >= 4 is 34.9 Å². The van der Waals surface area contributed by atoms with Crippen LogP contribution in [0.4, 0.5) is 0 Å². The molecule has 1 atom stereocenters. The minimum atomic E-state index is -0.527. The number of amides is 1. The van der Waals surface area contributed by atoms with Crippen LogP contribution < -0.4 is 0 Å². The Morgan fingerprint density at radius 2 is 2.19 bits per heavy atom. The molecular formula is C20H20N2O3S. The van der Waals surface area contributed by atoms with Crippen molar-refractivity contribution in [3.63, 3.8) is 0 Å². The fourth-order valence-corrected chi connectivity index (χ4v) is 3.88. The maximum Gasteiger partial charge on any atom is 0.338 e. The van der Waals surface area contributed by atoms with Gasteiger partial charge < -0.3 is 4.74 Å². The molecule has 2 aliphatic heterocycles. The summed E-state index contributed by atoms with van der Waals surface area (Å²) in [7, 11) is 0. The highest BCUT2D eigenvalue weighted by Crippen LogP contribution is 2.32. The van der Waals surface area contributed by atoms with E-state index >= 15 is 0 Å². The van der Waals surface area contributed by atoms with E-state index in [4.69, 9.17) is 4.74 Å². The van der Waals surface area contributed by atoms with Crippen molar-refractivity contribution in [3.8, 4) is 0 Å². The van der Waals surface area contributed by atoms with Crippen LogP contribution >= 0.6 is 11.8 Å². The van der Waals surface area contributed by atoms with Crippen molar-refractivity contribution in [2.24, 2.45) is 4.99 Å². The van der Waals surface area contributed by atoms with Gasteiger partial charge in [0.15, 0.2) is 5.17 Å². The molecule has 0 unspecified atom stereocenters. The van der Waals surface area contributed by atoms with Crippen LogP contribution in [0.1, 0.15) is 18.9 Å². The summed E-state index contributed by atoms with van der Waals surface area (Å²) in [4.78, 5) is 31.2. The number of fused-ring (bicyclic) bond motifs is 1. The van der Waals surface area contributed by atoms with Gasteiger partial charge in [-0.1, -0.05) is 66.9 Å². The smallest absolute Gasteiger partial charge is 0.338 e. The van der Waals surface area contributed by atoms with Crippen LogP contribution in [0.2, 0.25) is 0 Å². The first-order valence-electron chi connectivity index (χ1n) is 8.37. The molecule has 6 heteroatoms. The summed E-state index contributed by atoms with van der Waals surface area (Å²) < 4.78 is 5.24. The second-order valence-corrected chi connectivity index (χ2v) is 6.92. The zero-order valence-electron chi connectivity index (χ0n) is 14.6. The molecule has 3 rings (SSSR count). The van der Waals surface area contributed by atoms with Crippen LogP contribution in [0.5, 0.6) is 0 Å². The fraction of sp³-hybridized carbons (Fsp3) is 0.250. The second kappa shape index (κ2) is 8.19. The van der Waals surface area contributed by atoms with E-state index in [0.717, 1.165) is 5.56 Å². The number of amidine groups is 1. The summed E-state index contributed by atoms with van der Waals surface area (Å²) in [6, 6.07) is 9.22. The van der Waals surface area contributed by atoms with Gasteiger partial charge in [-0.05, 0) is 12.5 Å². The van der Waals surface area contributed by atoms with Gasteiger partial charge >= 0.3 is 5.97 Å². The maximum absolute atomic E-state index is 12.6. The summed E-state index contributed by atoms with van der Waals surface area (Å²) in [5.41, 5.74) is 1.96. The molecular weight excluding hydrogens is 348 g/mol. The Kier molecular flexibility index (Phi) is 5.73. The normalized spacial score (nSPS) is 20.0. The molecule has 0 aliphatic carbocycles. The molecule has 1 amide bonds. The lowest BCUT2D eigenvalue weighted by Gasteiger charge is -2.37. The number of hydrogen-bond acceptors (Lipinski definition) is 5. The van der Waals surface area contributed by atoms with Crippen LogP contribution in [0.15, 0.2) is 65.3 Å². The van der Waals surface area contributed by atoms with Crippen molar-refractivity contribution in [1.82, 2.24) is 4.90 Å². The van der Waals surface area contributed by atoms with Gasteiger partial charge in [-0.3, -0.25) is 9.69 Å². The summed E-state index contributed by atoms with van der Waals surface area (Å²) in [5, 5.41) is 0.640. The molecule has 0 radical (unpaired) electrons. The van der Waals surface area contributed by atoms with E-state index in [1.54, 1.807) is 11.8 Å². The molecule has 5 nitrogen and oxygen atoms in total. The Balaban J connectivity index is 2.00. The number of rotatable bonds is 5. The first-order chi connectivity index (χ1) is 12.6. The van der Waals surface area contributed by atoms with E-state index in [1.165, 1.54) is 17.8 Å². The predicted molar refractivity (Wildman–Crippen MR) is 104 cm³/mol. The van der Waals surface area contributed by atoms with E-state index in [2.05, 4.69) is 11.6 Å². The number of allylic oxidation sites excluding steroid dienone is 1.